The third kappa shape index (κ3) is 2.00. The zero-order valence-electron chi connectivity index (χ0n) is 8.91. The van der Waals surface area contributed by atoms with Crippen molar-refractivity contribution in [2.75, 3.05) is 0 Å². The molecule has 0 N–H and O–H groups in total. The molecule has 0 heterocycles. The molecule has 0 aromatic heterocycles. The van der Waals surface area contributed by atoms with E-state index < -0.39 is 0 Å². The maximum absolute atomic E-state index is 11.0. The van der Waals surface area contributed by atoms with E-state index in [1.807, 2.05) is 49.4 Å². The molecule has 0 aliphatic carbocycles. The van der Waals surface area contributed by atoms with Gasteiger partial charge >= 0.3 is 0 Å². The molecule has 0 aliphatic rings. The molecule has 16 heavy (non-hydrogen) atoms. The Labute approximate surface area is 99.7 Å². The fourth-order valence-electron chi connectivity index (χ4n) is 1.70. The normalized spacial score (nSPS) is 10.1. The number of hydrogen-bond acceptors (Lipinski definition) is 1. The zero-order valence-corrected chi connectivity index (χ0v) is 9.66. The largest absolute Gasteiger partial charge is 0.298 e. The van der Waals surface area contributed by atoms with Crippen LogP contribution in [-0.2, 0) is 0 Å². The van der Waals surface area contributed by atoms with Crippen molar-refractivity contribution in [1.29, 1.82) is 0 Å². The number of carbonyl (C=O) groups is 1. The van der Waals surface area contributed by atoms with E-state index in [9.17, 15) is 4.79 Å². The molecule has 2 heteroatoms. The lowest BCUT2D eigenvalue weighted by Crippen LogP contribution is -1.89. The Bertz CT molecular complexity index is 532. The van der Waals surface area contributed by atoms with Gasteiger partial charge in [-0.15, -0.1) is 0 Å². The molecule has 0 saturated heterocycles. The van der Waals surface area contributed by atoms with Crippen LogP contribution < -0.4 is 0 Å². The number of carbonyl (C=O) groups excluding carboxylic acids is 1. The Kier molecular flexibility index (Phi) is 3.07. The molecule has 0 spiro atoms. The lowest BCUT2D eigenvalue weighted by molar-refractivity contribution is 0.112. The number of aryl methyl sites for hydroxylation is 1. The molecule has 0 aliphatic heterocycles. The Morgan fingerprint density at radius 3 is 2.50 bits per heavy atom. The quantitative estimate of drug-likeness (QED) is 0.709. The van der Waals surface area contributed by atoms with Crippen molar-refractivity contribution < 1.29 is 4.79 Å². The topological polar surface area (TPSA) is 17.1 Å². The van der Waals surface area contributed by atoms with Crippen LogP contribution in [0.3, 0.4) is 0 Å². The highest BCUT2D eigenvalue weighted by molar-refractivity contribution is 6.33. The summed E-state index contributed by atoms with van der Waals surface area (Å²) in [5, 5.41) is 0.662. The van der Waals surface area contributed by atoms with Crippen LogP contribution >= 0.6 is 11.6 Å². The van der Waals surface area contributed by atoms with Gasteiger partial charge in [-0.1, -0.05) is 47.5 Å². The second-order valence-corrected chi connectivity index (χ2v) is 4.10. The monoisotopic (exact) mass is 230 g/mol. The maximum atomic E-state index is 11.0. The lowest BCUT2D eigenvalue weighted by atomic mass is 9.98. The highest BCUT2D eigenvalue weighted by atomic mass is 35.5. The maximum Gasteiger partial charge on any atom is 0.150 e. The van der Waals surface area contributed by atoms with Crippen LogP contribution in [0.1, 0.15) is 15.9 Å². The SMILES string of the molecule is Cc1ccc(-c2ccccc2Cl)c(C=O)c1. The molecule has 0 fully saturated rings. The number of hydrogen-bond donors (Lipinski definition) is 0. The second kappa shape index (κ2) is 4.50. The van der Waals surface area contributed by atoms with Crippen molar-refractivity contribution in [3.63, 3.8) is 0 Å². The number of aldehydes is 1. The molecule has 2 aromatic rings. The van der Waals surface area contributed by atoms with Crippen molar-refractivity contribution in [2.45, 2.75) is 6.92 Å². The third-order valence-electron chi connectivity index (χ3n) is 2.50. The van der Waals surface area contributed by atoms with Crippen LogP contribution in [0.15, 0.2) is 42.5 Å². The molecule has 2 rings (SSSR count). The first kappa shape index (κ1) is 10.9. The van der Waals surface area contributed by atoms with Gasteiger partial charge in [0.05, 0.1) is 0 Å². The van der Waals surface area contributed by atoms with E-state index in [4.69, 9.17) is 11.6 Å². The van der Waals surface area contributed by atoms with Crippen molar-refractivity contribution in [1.82, 2.24) is 0 Å². The summed E-state index contributed by atoms with van der Waals surface area (Å²) in [5.41, 5.74) is 3.52. The van der Waals surface area contributed by atoms with Gasteiger partial charge in [-0.2, -0.15) is 0 Å². The fraction of sp³-hybridized carbons (Fsp3) is 0.0714. The van der Waals surface area contributed by atoms with Crippen molar-refractivity contribution in [3.8, 4) is 11.1 Å². The first-order valence-electron chi connectivity index (χ1n) is 5.03. The molecule has 0 unspecified atom stereocenters. The summed E-state index contributed by atoms with van der Waals surface area (Å²) in [6.45, 7) is 1.96. The van der Waals surface area contributed by atoms with Gasteiger partial charge in [0.15, 0.2) is 6.29 Å². The summed E-state index contributed by atoms with van der Waals surface area (Å²) in [4.78, 5) is 11.0. The fourth-order valence-corrected chi connectivity index (χ4v) is 1.94. The predicted molar refractivity (Wildman–Crippen MR) is 67.0 cm³/mol. The highest BCUT2D eigenvalue weighted by Gasteiger charge is 2.07. The van der Waals surface area contributed by atoms with Gasteiger partial charge < -0.3 is 0 Å². The van der Waals surface area contributed by atoms with E-state index in [1.165, 1.54) is 0 Å². The van der Waals surface area contributed by atoms with Gasteiger partial charge in [0, 0.05) is 16.1 Å². The van der Waals surface area contributed by atoms with Crippen molar-refractivity contribution in [2.24, 2.45) is 0 Å². The minimum Gasteiger partial charge on any atom is -0.298 e. The number of benzene rings is 2. The minimum absolute atomic E-state index is 0.662. The molecule has 0 atom stereocenters. The second-order valence-electron chi connectivity index (χ2n) is 3.69. The van der Waals surface area contributed by atoms with Crippen molar-refractivity contribution in [3.05, 3.63) is 58.6 Å². The molecular formula is C14H11ClO. The van der Waals surface area contributed by atoms with Crippen LogP contribution in [0.4, 0.5) is 0 Å². The van der Waals surface area contributed by atoms with Gasteiger partial charge in [0.25, 0.3) is 0 Å². The van der Waals surface area contributed by atoms with Crippen LogP contribution in [0.5, 0.6) is 0 Å². The van der Waals surface area contributed by atoms with Crippen LogP contribution in [-0.4, -0.2) is 6.29 Å². The third-order valence-corrected chi connectivity index (χ3v) is 2.83. The van der Waals surface area contributed by atoms with E-state index in [2.05, 4.69) is 0 Å². The molecule has 0 amide bonds. The van der Waals surface area contributed by atoms with Crippen molar-refractivity contribution >= 4 is 17.9 Å². The van der Waals surface area contributed by atoms with Gasteiger partial charge in [0.2, 0.25) is 0 Å². The molecule has 0 saturated carbocycles. The van der Waals surface area contributed by atoms with Crippen LogP contribution in [0.2, 0.25) is 5.02 Å². The van der Waals surface area contributed by atoms with E-state index in [0.717, 1.165) is 23.0 Å². The van der Waals surface area contributed by atoms with Gasteiger partial charge in [-0.25, -0.2) is 0 Å². The highest BCUT2D eigenvalue weighted by Crippen LogP contribution is 2.29. The van der Waals surface area contributed by atoms with Crippen LogP contribution in [0, 0.1) is 6.92 Å². The summed E-state index contributed by atoms with van der Waals surface area (Å²) in [7, 11) is 0. The van der Waals surface area contributed by atoms with Crippen LogP contribution in [0.25, 0.3) is 11.1 Å². The Morgan fingerprint density at radius 1 is 1.06 bits per heavy atom. The standard InChI is InChI=1S/C14H11ClO/c1-10-6-7-12(11(8-10)9-16)13-4-2-3-5-14(13)15/h2-9H,1H3. The molecule has 2 aromatic carbocycles. The number of halogens is 1. The average Bonchev–Trinajstić information content (AvgIpc) is 2.30. The molecule has 0 bridgehead atoms. The molecular weight excluding hydrogens is 220 g/mol. The van der Waals surface area contributed by atoms with E-state index >= 15 is 0 Å². The van der Waals surface area contributed by atoms with Gasteiger partial charge in [-0.3, -0.25) is 4.79 Å². The van der Waals surface area contributed by atoms with Gasteiger partial charge in [-0.05, 0) is 24.6 Å². The van der Waals surface area contributed by atoms with E-state index in [0.29, 0.717) is 10.6 Å². The average molecular weight is 231 g/mol. The summed E-state index contributed by atoms with van der Waals surface area (Å²) in [5.74, 6) is 0. The molecule has 80 valence electrons. The first-order chi connectivity index (χ1) is 7.72. The van der Waals surface area contributed by atoms with E-state index in [-0.39, 0.29) is 0 Å². The molecule has 0 radical (unpaired) electrons. The summed E-state index contributed by atoms with van der Waals surface area (Å²) >= 11 is 6.11. The summed E-state index contributed by atoms with van der Waals surface area (Å²) in [6.07, 6.45) is 0.867. The Morgan fingerprint density at radius 2 is 1.81 bits per heavy atom. The predicted octanol–water partition coefficient (Wildman–Crippen LogP) is 4.13. The first-order valence-corrected chi connectivity index (χ1v) is 5.41. The smallest absolute Gasteiger partial charge is 0.150 e. The van der Waals surface area contributed by atoms with E-state index in [1.54, 1.807) is 0 Å². The zero-order chi connectivity index (χ0) is 11.5. The Hall–Kier alpha value is -1.60. The minimum atomic E-state index is 0.662. The summed E-state index contributed by atoms with van der Waals surface area (Å²) < 4.78 is 0. The van der Waals surface area contributed by atoms with Gasteiger partial charge in [0.1, 0.15) is 0 Å². The Balaban J connectivity index is 2.65. The lowest BCUT2D eigenvalue weighted by Gasteiger charge is -2.07. The summed E-state index contributed by atoms with van der Waals surface area (Å²) in [6, 6.07) is 13.3. The number of rotatable bonds is 2. The molecule has 1 nitrogen and oxygen atoms in total.